The molecule has 0 saturated heterocycles. The molecule has 6 heteroatoms. The van der Waals surface area contributed by atoms with Crippen molar-refractivity contribution in [2.45, 2.75) is 52.6 Å². The molecule has 0 fully saturated rings. The second-order valence-electron chi connectivity index (χ2n) is 5.31. The molecule has 0 unspecified atom stereocenters. The van der Waals surface area contributed by atoms with Gasteiger partial charge in [0.2, 0.25) is 11.8 Å². The molecule has 0 bridgehead atoms. The summed E-state index contributed by atoms with van der Waals surface area (Å²) in [6.07, 6.45) is 1.70. The van der Waals surface area contributed by atoms with Crippen molar-refractivity contribution >= 4 is 5.91 Å². The Kier molecular flexibility index (Phi) is 5.47. The number of hydrogen-bond donors (Lipinski definition) is 1. The van der Waals surface area contributed by atoms with Gasteiger partial charge >= 0.3 is 0 Å². The molecule has 0 aliphatic carbocycles. The van der Waals surface area contributed by atoms with Crippen molar-refractivity contribution in [2.75, 3.05) is 13.1 Å². The van der Waals surface area contributed by atoms with E-state index in [0.717, 1.165) is 0 Å². The second-order valence-corrected chi connectivity index (χ2v) is 5.31. The van der Waals surface area contributed by atoms with Crippen LogP contribution in [0.15, 0.2) is 4.52 Å². The summed E-state index contributed by atoms with van der Waals surface area (Å²) in [6.45, 7) is 8.02. The van der Waals surface area contributed by atoms with Gasteiger partial charge in [-0.1, -0.05) is 5.16 Å². The Morgan fingerprint density at radius 2 is 2.16 bits per heavy atom. The first-order chi connectivity index (χ1) is 8.81. The molecule has 108 valence electrons. The molecule has 1 aromatic heterocycles. The van der Waals surface area contributed by atoms with Crippen LogP contribution in [0.2, 0.25) is 0 Å². The molecule has 0 aromatic carbocycles. The lowest BCUT2D eigenvalue weighted by molar-refractivity contribution is -0.134. The SMILES string of the molecule is CCN(CC(C)(C)O)C(=O)CCCc1nc(C)no1. The highest BCUT2D eigenvalue weighted by Gasteiger charge is 2.20. The number of aryl methyl sites for hydroxylation is 2. The highest BCUT2D eigenvalue weighted by molar-refractivity contribution is 5.76. The van der Waals surface area contributed by atoms with Crippen LogP contribution in [0, 0.1) is 6.92 Å². The van der Waals surface area contributed by atoms with Gasteiger partial charge in [0.1, 0.15) is 0 Å². The molecule has 0 aliphatic heterocycles. The Hall–Kier alpha value is -1.43. The first-order valence-corrected chi connectivity index (χ1v) is 6.61. The van der Waals surface area contributed by atoms with E-state index in [-0.39, 0.29) is 5.91 Å². The summed E-state index contributed by atoms with van der Waals surface area (Å²) in [4.78, 5) is 17.8. The van der Waals surface area contributed by atoms with Crippen molar-refractivity contribution in [1.29, 1.82) is 0 Å². The number of nitrogens with zero attached hydrogens (tertiary/aromatic N) is 3. The number of aliphatic hydroxyl groups is 1. The van der Waals surface area contributed by atoms with Crippen LogP contribution in [0.4, 0.5) is 0 Å². The zero-order valence-corrected chi connectivity index (χ0v) is 12.1. The molecule has 0 aliphatic rings. The fourth-order valence-electron chi connectivity index (χ4n) is 1.83. The normalized spacial score (nSPS) is 11.6. The maximum Gasteiger partial charge on any atom is 0.226 e. The Balaban J connectivity index is 2.36. The molecule has 6 nitrogen and oxygen atoms in total. The largest absolute Gasteiger partial charge is 0.389 e. The van der Waals surface area contributed by atoms with Crippen LogP contribution in [0.5, 0.6) is 0 Å². The van der Waals surface area contributed by atoms with Crippen LogP contribution in [0.3, 0.4) is 0 Å². The monoisotopic (exact) mass is 269 g/mol. The van der Waals surface area contributed by atoms with Crippen LogP contribution in [0.25, 0.3) is 0 Å². The molecule has 19 heavy (non-hydrogen) atoms. The first-order valence-electron chi connectivity index (χ1n) is 6.61. The van der Waals surface area contributed by atoms with Crippen LogP contribution in [-0.4, -0.2) is 44.7 Å². The minimum atomic E-state index is -0.866. The molecule has 1 N–H and O–H groups in total. The standard InChI is InChI=1S/C13H23N3O3/c1-5-16(9-13(3,4)18)12(17)8-6-7-11-14-10(2)15-19-11/h18H,5-9H2,1-4H3. The predicted octanol–water partition coefficient (Wildman–Crippen LogP) is 1.32. The van der Waals surface area contributed by atoms with Gasteiger partial charge in [0.05, 0.1) is 5.60 Å². The highest BCUT2D eigenvalue weighted by Crippen LogP contribution is 2.09. The number of amides is 1. The molecule has 1 rings (SSSR count). The van der Waals surface area contributed by atoms with Crippen molar-refractivity contribution in [1.82, 2.24) is 15.0 Å². The zero-order chi connectivity index (χ0) is 14.5. The maximum atomic E-state index is 12.0. The Morgan fingerprint density at radius 3 is 2.63 bits per heavy atom. The third-order valence-corrected chi connectivity index (χ3v) is 2.66. The lowest BCUT2D eigenvalue weighted by Crippen LogP contribution is -2.42. The Bertz CT molecular complexity index is 410. The van der Waals surface area contributed by atoms with Crippen molar-refractivity contribution in [3.05, 3.63) is 11.7 Å². The quantitative estimate of drug-likeness (QED) is 0.807. The van der Waals surface area contributed by atoms with E-state index >= 15 is 0 Å². The van der Waals surface area contributed by atoms with Crippen molar-refractivity contribution in [3.8, 4) is 0 Å². The average molecular weight is 269 g/mol. The van der Waals surface area contributed by atoms with Crippen LogP contribution in [0.1, 0.15) is 45.3 Å². The maximum absolute atomic E-state index is 12.0. The first kappa shape index (κ1) is 15.6. The average Bonchev–Trinajstić information content (AvgIpc) is 2.70. The summed E-state index contributed by atoms with van der Waals surface area (Å²) in [6, 6.07) is 0. The molecule has 0 radical (unpaired) electrons. The summed E-state index contributed by atoms with van der Waals surface area (Å²) in [5.74, 6) is 1.22. The lowest BCUT2D eigenvalue weighted by Gasteiger charge is -2.28. The van der Waals surface area contributed by atoms with Crippen LogP contribution in [-0.2, 0) is 11.2 Å². The minimum absolute atomic E-state index is 0.0425. The van der Waals surface area contributed by atoms with Gasteiger partial charge in [-0.3, -0.25) is 4.79 Å². The van der Waals surface area contributed by atoms with Gasteiger partial charge in [-0.05, 0) is 34.1 Å². The Labute approximate surface area is 113 Å². The van der Waals surface area contributed by atoms with E-state index in [1.165, 1.54) is 0 Å². The third-order valence-electron chi connectivity index (χ3n) is 2.66. The molecule has 0 spiro atoms. The van der Waals surface area contributed by atoms with Crippen molar-refractivity contribution in [3.63, 3.8) is 0 Å². The van der Waals surface area contributed by atoms with Gasteiger partial charge in [0.15, 0.2) is 5.82 Å². The summed E-state index contributed by atoms with van der Waals surface area (Å²) in [5, 5.41) is 13.4. The lowest BCUT2D eigenvalue weighted by atomic mass is 10.1. The summed E-state index contributed by atoms with van der Waals surface area (Å²) < 4.78 is 4.99. The van der Waals surface area contributed by atoms with E-state index in [0.29, 0.717) is 44.1 Å². The fraction of sp³-hybridized carbons (Fsp3) is 0.769. The summed E-state index contributed by atoms with van der Waals surface area (Å²) in [5.41, 5.74) is -0.866. The van der Waals surface area contributed by atoms with Crippen LogP contribution >= 0.6 is 0 Å². The van der Waals surface area contributed by atoms with E-state index in [1.54, 1.807) is 25.7 Å². The van der Waals surface area contributed by atoms with E-state index in [4.69, 9.17) is 4.52 Å². The zero-order valence-electron chi connectivity index (χ0n) is 12.1. The number of rotatable bonds is 7. The van der Waals surface area contributed by atoms with Gasteiger partial charge in [0.25, 0.3) is 0 Å². The van der Waals surface area contributed by atoms with E-state index in [2.05, 4.69) is 10.1 Å². The molecule has 1 heterocycles. The van der Waals surface area contributed by atoms with Gasteiger partial charge in [-0.15, -0.1) is 0 Å². The summed E-state index contributed by atoms with van der Waals surface area (Å²) in [7, 11) is 0. The topological polar surface area (TPSA) is 79.5 Å². The second kappa shape index (κ2) is 6.65. The minimum Gasteiger partial charge on any atom is -0.389 e. The number of carbonyl (C=O) groups is 1. The Morgan fingerprint density at radius 1 is 1.47 bits per heavy atom. The van der Waals surface area contributed by atoms with Gasteiger partial charge in [0, 0.05) is 25.9 Å². The van der Waals surface area contributed by atoms with E-state index in [1.807, 2.05) is 6.92 Å². The predicted molar refractivity (Wildman–Crippen MR) is 70.5 cm³/mol. The van der Waals surface area contributed by atoms with Crippen LogP contribution < -0.4 is 0 Å². The van der Waals surface area contributed by atoms with Crippen molar-refractivity contribution < 1.29 is 14.4 Å². The number of aromatic nitrogens is 2. The van der Waals surface area contributed by atoms with E-state index in [9.17, 15) is 9.90 Å². The van der Waals surface area contributed by atoms with E-state index < -0.39 is 5.60 Å². The smallest absolute Gasteiger partial charge is 0.226 e. The molecular weight excluding hydrogens is 246 g/mol. The number of likely N-dealkylation sites (N-methyl/N-ethyl adjacent to an activating group) is 1. The van der Waals surface area contributed by atoms with Gasteiger partial charge in [-0.2, -0.15) is 4.98 Å². The molecule has 0 atom stereocenters. The highest BCUT2D eigenvalue weighted by atomic mass is 16.5. The molecule has 1 aromatic rings. The molecular formula is C13H23N3O3. The molecule has 0 saturated carbocycles. The van der Waals surface area contributed by atoms with Gasteiger partial charge in [-0.25, -0.2) is 0 Å². The summed E-state index contributed by atoms with van der Waals surface area (Å²) >= 11 is 0. The molecule has 1 amide bonds. The van der Waals surface area contributed by atoms with Gasteiger partial charge < -0.3 is 14.5 Å². The number of hydrogen-bond acceptors (Lipinski definition) is 5. The third kappa shape index (κ3) is 5.83. The fourth-order valence-corrected chi connectivity index (χ4v) is 1.83. The van der Waals surface area contributed by atoms with Crippen molar-refractivity contribution in [2.24, 2.45) is 0 Å². The number of carbonyl (C=O) groups excluding carboxylic acids is 1.